The van der Waals surface area contributed by atoms with E-state index in [1.807, 2.05) is 0 Å². The van der Waals surface area contributed by atoms with Crippen LogP contribution >= 0.6 is 0 Å². The summed E-state index contributed by atoms with van der Waals surface area (Å²) in [7, 11) is 1.32. The Labute approximate surface area is 151 Å². The number of carbonyl (C=O) groups is 3. The van der Waals surface area contributed by atoms with Crippen LogP contribution in [0.15, 0.2) is 24.3 Å². The van der Waals surface area contributed by atoms with Gasteiger partial charge in [-0.05, 0) is 55.7 Å². The highest BCUT2D eigenvalue weighted by atomic mass is 16.6. The first kappa shape index (κ1) is 16.2. The van der Waals surface area contributed by atoms with Gasteiger partial charge in [0.25, 0.3) is 0 Å². The molecule has 138 valence electrons. The van der Waals surface area contributed by atoms with E-state index in [9.17, 15) is 19.5 Å². The SMILES string of the molecule is C=C1C[C@]23C[C@@]1(O)CC[C@@H]2[C@@]12C=CC(=O)[C@@](C)(C(=O)O1)[C@H]2[C@@H]3C(=O)OC. The third-order valence-electron chi connectivity index (χ3n) is 8.12. The van der Waals surface area contributed by atoms with Gasteiger partial charge >= 0.3 is 11.9 Å². The highest BCUT2D eigenvalue weighted by Gasteiger charge is 2.83. The molecule has 5 rings (SSSR count). The van der Waals surface area contributed by atoms with Crippen molar-refractivity contribution < 1.29 is 29.0 Å². The minimum atomic E-state index is -1.39. The molecule has 4 aliphatic carbocycles. The van der Waals surface area contributed by atoms with Gasteiger partial charge in [0.1, 0.15) is 11.0 Å². The van der Waals surface area contributed by atoms with Crippen molar-refractivity contribution in [2.45, 2.75) is 43.8 Å². The molecule has 0 amide bonds. The van der Waals surface area contributed by atoms with Crippen molar-refractivity contribution in [3.05, 3.63) is 24.3 Å². The van der Waals surface area contributed by atoms with E-state index in [2.05, 4.69) is 6.58 Å². The van der Waals surface area contributed by atoms with Crippen molar-refractivity contribution >= 4 is 17.7 Å². The van der Waals surface area contributed by atoms with Gasteiger partial charge in [-0.3, -0.25) is 14.4 Å². The van der Waals surface area contributed by atoms with Crippen molar-refractivity contribution in [2.24, 2.45) is 28.6 Å². The fourth-order valence-electron chi connectivity index (χ4n) is 7.09. The highest BCUT2D eigenvalue weighted by Crippen LogP contribution is 2.77. The van der Waals surface area contributed by atoms with E-state index in [0.717, 1.165) is 5.57 Å². The number of allylic oxidation sites excluding steroid dienone is 1. The van der Waals surface area contributed by atoms with Crippen molar-refractivity contribution in [3.63, 3.8) is 0 Å². The molecule has 6 heteroatoms. The fraction of sp³-hybridized carbons (Fsp3) is 0.650. The Hall–Kier alpha value is -1.95. The fourth-order valence-corrected chi connectivity index (χ4v) is 7.09. The van der Waals surface area contributed by atoms with E-state index in [1.165, 1.54) is 13.2 Å². The van der Waals surface area contributed by atoms with Crippen LogP contribution in [0, 0.1) is 28.6 Å². The average Bonchev–Trinajstić information content (AvgIpc) is 3.02. The van der Waals surface area contributed by atoms with Crippen LogP contribution < -0.4 is 0 Å². The normalized spacial score (nSPS) is 53.3. The van der Waals surface area contributed by atoms with Gasteiger partial charge in [-0.2, -0.15) is 0 Å². The standard InChI is InChI=1S/C20H22O6/c1-10-8-18-9-19(10,24)6-4-11(18)20-7-5-12(21)17(2,16(23)26-20)14(20)13(18)15(22)25-3/h5,7,11,13-14,24H,1,4,6,8-9H2,2-3H3/t11-,13+,14+,17+,18-,19-,20+/m0/s1. The van der Waals surface area contributed by atoms with Gasteiger partial charge in [0.05, 0.1) is 18.6 Å². The van der Waals surface area contributed by atoms with Crippen molar-refractivity contribution in [1.29, 1.82) is 0 Å². The van der Waals surface area contributed by atoms with E-state index < -0.39 is 45.8 Å². The van der Waals surface area contributed by atoms with E-state index in [0.29, 0.717) is 25.7 Å². The number of fused-ring (bicyclic) bond motifs is 1. The van der Waals surface area contributed by atoms with Crippen molar-refractivity contribution in [3.8, 4) is 0 Å². The summed E-state index contributed by atoms with van der Waals surface area (Å²) in [5.41, 5.74) is -3.23. The summed E-state index contributed by atoms with van der Waals surface area (Å²) in [6.45, 7) is 5.66. The smallest absolute Gasteiger partial charge is 0.321 e. The molecular formula is C20H22O6. The second-order valence-corrected chi connectivity index (χ2v) is 8.93. The van der Waals surface area contributed by atoms with Gasteiger partial charge in [0.2, 0.25) is 0 Å². The van der Waals surface area contributed by atoms with Crippen LogP contribution in [0.4, 0.5) is 0 Å². The second-order valence-electron chi connectivity index (χ2n) is 8.93. The van der Waals surface area contributed by atoms with Gasteiger partial charge in [-0.25, -0.2) is 0 Å². The monoisotopic (exact) mass is 358 g/mol. The Kier molecular flexibility index (Phi) is 2.69. The Morgan fingerprint density at radius 1 is 1.42 bits per heavy atom. The molecule has 7 atom stereocenters. The quantitative estimate of drug-likeness (QED) is 0.432. The molecule has 0 unspecified atom stereocenters. The summed E-state index contributed by atoms with van der Waals surface area (Å²) in [5.74, 6) is -2.75. The largest absolute Gasteiger partial charge is 0.469 e. The number of hydrogen-bond donors (Lipinski definition) is 1. The molecule has 0 aromatic carbocycles. The van der Waals surface area contributed by atoms with Gasteiger partial charge < -0.3 is 14.6 Å². The number of methoxy groups -OCH3 is 1. The van der Waals surface area contributed by atoms with Gasteiger partial charge in [-0.15, -0.1) is 0 Å². The predicted molar refractivity (Wildman–Crippen MR) is 88.6 cm³/mol. The van der Waals surface area contributed by atoms with Crippen molar-refractivity contribution in [2.75, 3.05) is 7.11 Å². The maximum Gasteiger partial charge on any atom is 0.321 e. The molecule has 4 bridgehead atoms. The maximum absolute atomic E-state index is 13.0. The van der Waals surface area contributed by atoms with Crippen LogP contribution in [0.2, 0.25) is 0 Å². The number of rotatable bonds is 1. The molecule has 0 aromatic heterocycles. The van der Waals surface area contributed by atoms with Crippen LogP contribution in [0.1, 0.15) is 32.6 Å². The van der Waals surface area contributed by atoms with Crippen LogP contribution in [0.3, 0.4) is 0 Å². The van der Waals surface area contributed by atoms with Gasteiger partial charge in [0.15, 0.2) is 5.78 Å². The minimum absolute atomic E-state index is 0.140. The number of esters is 2. The third kappa shape index (κ3) is 1.38. The van der Waals surface area contributed by atoms with E-state index in [1.54, 1.807) is 13.0 Å². The zero-order valence-corrected chi connectivity index (χ0v) is 14.9. The lowest BCUT2D eigenvalue weighted by Crippen LogP contribution is -2.49. The lowest BCUT2D eigenvalue weighted by Gasteiger charge is -2.44. The maximum atomic E-state index is 13.0. The first-order chi connectivity index (χ1) is 12.2. The lowest BCUT2D eigenvalue weighted by molar-refractivity contribution is -0.162. The van der Waals surface area contributed by atoms with Gasteiger partial charge in [0, 0.05) is 11.8 Å². The molecule has 0 aromatic rings. The minimum Gasteiger partial charge on any atom is -0.469 e. The van der Waals surface area contributed by atoms with Crippen LogP contribution in [-0.2, 0) is 23.9 Å². The van der Waals surface area contributed by atoms with E-state index in [4.69, 9.17) is 9.47 Å². The molecule has 5 aliphatic rings. The molecule has 26 heavy (non-hydrogen) atoms. The average molecular weight is 358 g/mol. The summed E-state index contributed by atoms with van der Waals surface area (Å²) < 4.78 is 11.0. The molecular weight excluding hydrogens is 336 g/mol. The Morgan fingerprint density at radius 3 is 2.85 bits per heavy atom. The Bertz CT molecular complexity index is 828. The zero-order valence-electron chi connectivity index (χ0n) is 14.9. The lowest BCUT2D eigenvalue weighted by atomic mass is 9.61. The first-order valence-corrected chi connectivity index (χ1v) is 9.11. The molecule has 1 saturated heterocycles. The zero-order chi connectivity index (χ0) is 18.7. The summed E-state index contributed by atoms with van der Waals surface area (Å²) in [6, 6.07) is 0. The summed E-state index contributed by atoms with van der Waals surface area (Å²) >= 11 is 0. The number of carbonyl (C=O) groups excluding carboxylic acids is 3. The summed E-state index contributed by atoms with van der Waals surface area (Å²) in [6.07, 6.45) is 5.17. The Morgan fingerprint density at radius 2 is 2.15 bits per heavy atom. The van der Waals surface area contributed by atoms with Crippen LogP contribution in [0.5, 0.6) is 0 Å². The van der Waals surface area contributed by atoms with E-state index in [-0.39, 0.29) is 11.7 Å². The molecule has 1 heterocycles. The second kappa shape index (κ2) is 4.30. The van der Waals surface area contributed by atoms with Crippen LogP contribution in [-0.4, -0.2) is 41.1 Å². The van der Waals surface area contributed by atoms with Crippen molar-refractivity contribution in [1.82, 2.24) is 0 Å². The molecule has 3 saturated carbocycles. The third-order valence-corrected chi connectivity index (χ3v) is 8.12. The van der Waals surface area contributed by atoms with Gasteiger partial charge in [-0.1, -0.05) is 6.58 Å². The van der Waals surface area contributed by atoms with E-state index >= 15 is 0 Å². The molecule has 4 fully saturated rings. The molecule has 6 nitrogen and oxygen atoms in total. The molecule has 1 N–H and O–H groups in total. The Balaban J connectivity index is 1.79. The molecule has 0 radical (unpaired) electrons. The molecule has 1 spiro atoms. The predicted octanol–water partition coefficient (Wildman–Crippen LogP) is 1.32. The number of hydrogen-bond acceptors (Lipinski definition) is 6. The number of aliphatic hydroxyl groups is 1. The number of ketones is 1. The van der Waals surface area contributed by atoms with Crippen LogP contribution in [0.25, 0.3) is 0 Å². The topological polar surface area (TPSA) is 89.9 Å². The highest BCUT2D eigenvalue weighted by molar-refractivity contribution is 6.13. The first-order valence-electron chi connectivity index (χ1n) is 9.11. The summed E-state index contributed by atoms with van der Waals surface area (Å²) in [4.78, 5) is 38.4. The summed E-state index contributed by atoms with van der Waals surface area (Å²) in [5, 5.41) is 11.0. The molecule has 1 aliphatic heterocycles. The number of ether oxygens (including phenoxy) is 2.